The largest absolute Gasteiger partial charge is 0.462 e. The molecule has 0 radical (unpaired) electrons. The average Bonchev–Trinajstić information content (AvgIpc) is 2.81. The van der Waals surface area contributed by atoms with Crippen molar-refractivity contribution in [3.05, 3.63) is 33.6 Å². The molecule has 7 heteroatoms. The Balaban J connectivity index is 2.87. The van der Waals surface area contributed by atoms with Gasteiger partial charge in [-0.3, -0.25) is 10.1 Å². The summed E-state index contributed by atoms with van der Waals surface area (Å²) in [5.74, 6) is -1.19. The van der Waals surface area contributed by atoms with Crippen LogP contribution >= 0.6 is 0 Å². The van der Waals surface area contributed by atoms with Gasteiger partial charge < -0.3 is 9.15 Å². The summed E-state index contributed by atoms with van der Waals surface area (Å²) in [6.45, 7) is 2.02. The van der Waals surface area contributed by atoms with Crippen LogP contribution in [0.2, 0.25) is 0 Å². The summed E-state index contributed by atoms with van der Waals surface area (Å²) in [6.07, 6.45) is 1.74. The molecule has 94 valence electrons. The minimum absolute atomic E-state index is 0.0479. The second-order valence-electron chi connectivity index (χ2n) is 3.24. The fraction of sp³-hybridized carbons (Fsp3) is 0.273. The van der Waals surface area contributed by atoms with Crippen LogP contribution in [0, 0.1) is 21.4 Å². The van der Waals surface area contributed by atoms with Gasteiger partial charge in [0.15, 0.2) is 0 Å². The Kier molecular flexibility index (Phi) is 4.63. The predicted octanol–water partition coefficient (Wildman–Crippen LogP) is 2.05. The number of nitrogens with zero attached hydrogens (tertiary/aromatic N) is 2. The first-order chi connectivity index (χ1) is 8.58. The summed E-state index contributed by atoms with van der Waals surface area (Å²) < 4.78 is 9.56. The van der Waals surface area contributed by atoms with Gasteiger partial charge in [0, 0.05) is 6.08 Å². The molecule has 0 aliphatic carbocycles. The van der Waals surface area contributed by atoms with Gasteiger partial charge in [-0.1, -0.05) is 6.92 Å². The highest BCUT2D eigenvalue weighted by molar-refractivity contribution is 5.97. The number of nitriles is 1. The summed E-state index contributed by atoms with van der Waals surface area (Å²) in [6, 6.07) is 4.09. The number of hydrogen-bond donors (Lipinski definition) is 0. The van der Waals surface area contributed by atoms with E-state index in [1.54, 1.807) is 6.07 Å². The molecule has 0 amide bonds. The molecule has 0 saturated carbocycles. The summed E-state index contributed by atoms with van der Waals surface area (Å²) in [4.78, 5) is 21.1. The molecule has 0 bridgehead atoms. The van der Waals surface area contributed by atoms with Crippen LogP contribution in [0.15, 0.2) is 22.1 Å². The third-order valence-electron chi connectivity index (χ3n) is 1.86. The quantitative estimate of drug-likeness (QED) is 0.260. The lowest BCUT2D eigenvalue weighted by Crippen LogP contribution is -2.07. The molecule has 0 atom stereocenters. The van der Waals surface area contributed by atoms with Crippen LogP contribution in [0.4, 0.5) is 5.88 Å². The molecule has 0 saturated heterocycles. The van der Waals surface area contributed by atoms with Gasteiger partial charge in [-0.15, -0.1) is 0 Å². The summed E-state index contributed by atoms with van der Waals surface area (Å²) in [5, 5.41) is 19.2. The van der Waals surface area contributed by atoms with Gasteiger partial charge in [0.25, 0.3) is 0 Å². The molecule has 1 heterocycles. The lowest BCUT2D eigenvalue weighted by atomic mass is 10.2. The maximum Gasteiger partial charge on any atom is 0.433 e. The molecule has 1 rings (SSSR count). The smallest absolute Gasteiger partial charge is 0.433 e. The maximum absolute atomic E-state index is 11.4. The van der Waals surface area contributed by atoms with E-state index in [9.17, 15) is 14.9 Å². The van der Waals surface area contributed by atoms with Crippen molar-refractivity contribution in [2.45, 2.75) is 13.3 Å². The number of ether oxygens (including phenoxy) is 1. The number of nitro groups is 1. The maximum atomic E-state index is 11.4. The lowest BCUT2D eigenvalue weighted by molar-refractivity contribution is -0.402. The molecule has 0 aromatic carbocycles. The van der Waals surface area contributed by atoms with Gasteiger partial charge in [0.1, 0.15) is 22.3 Å². The molecule has 0 aliphatic heterocycles. The van der Waals surface area contributed by atoms with E-state index in [4.69, 9.17) is 14.4 Å². The third-order valence-corrected chi connectivity index (χ3v) is 1.86. The van der Waals surface area contributed by atoms with E-state index in [0.717, 1.165) is 12.1 Å². The van der Waals surface area contributed by atoms with E-state index in [2.05, 4.69) is 0 Å². The molecule has 0 fully saturated rings. The Morgan fingerprint density at radius 2 is 2.39 bits per heavy atom. The minimum Gasteiger partial charge on any atom is -0.462 e. The third kappa shape index (κ3) is 3.45. The predicted molar refractivity (Wildman–Crippen MR) is 60.2 cm³/mol. The molecular weight excluding hydrogens is 240 g/mol. The van der Waals surface area contributed by atoms with Crippen LogP contribution in [0.3, 0.4) is 0 Å². The number of rotatable bonds is 5. The van der Waals surface area contributed by atoms with Crippen LogP contribution in [0.5, 0.6) is 0 Å². The SMILES string of the molecule is CCCOC(=O)/C(C#N)=C\c1ccc([N+](=O)[O-])o1. The van der Waals surface area contributed by atoms with E-state index in [1.807, 2.05) is 6.92 Å². The van der Waals surface area contributed by atoms with Crippen LogP contribution in [0.25, 0.3) is 6.08 Å². The van der Waals surface area contributed by atoms with Crippen LogP contribution in [0.1, 0.15) is 19.1 Å². The monoisotopic (exact) mass is 250 g/mol. The van der Waals surface area contributed by atoms with Crippen molar-refractivity contribution in [1.29, 1.82) is 5.26 Å². The van der Waals surface area contributed by atoms with Crippen molar-refractivity contribution < 1.29 is 18.9 Å². The van der Waals surface area contributed by atoms with E-state index >= 15 is 0 Å². The van der Waals surface area contributed by atoms with E-state index in [-0.39, 0.29) is 17.9 Å². The molecule has 0 unspecified atom stereocenters. The van der Waals surface area contributed by atoms with E-state index in [1.165, 1.54) is 6.07 Å². The Morgan fingerprint density at radius 1 is 1.67 bits per heavy atom. The van der Waals surface area contributed by atoms with Gasteiger partial charge >= 0.3 is 11.9 Å². The highest BCUT2D eigenvalue weighted by Gasteiger charge is 2.14. The van der Waals surface area contributed by atoms with Crippen molar-refractivity contribution >= 4 is 17.9 Å². The van der Waals surface area contributed by atoms with Crippen molar-refractivity contribution in [1.82, 2.24) is 0 Å². The normalized spacial score (nSPS) is 10.8. The van der Waals surface area contributed by atoms with Crippen LogP contribution in [-0.2, 0) is 9.53 Å². The Bertz CT molecular complexity index is 524. The van der Waals surface area contributed by atoms with E-state index in [0.29, 0.717) is 6.42 Å². The number of furan rings is 1. The Labute approximate surface area is 102 Å². The van der Waals surface area contributed by atoms with Crippen LogP contribution in [-0.4, -0.2) is 17.5 Å². The molecule has 0 aliphatic rings. The molecule has 1 aromatic rings. The molecule has 1 aromatic heterocycles. The zero-order valence-corrected chi connectivity index (χ0v) is 9.58. The van der Waals surface area contributed by atoms with Gasteiger partial charge in [-0.2, -0.15) is 5.26 Å². The fourth-order valence-corrected chi connectivity index (χ4v) is 1.07. The average molecular weight is 250 g/mol. The second-order valence-corrected chi connectivity index (χ2v) is 3.24. The molecule has 0 spiro atoms. The van der Waals surface area contributed by atoms with Crippen molar-refractivity contribution in [2.24, 2.45) is 0 Å². The summed E-state index contributed by atoms with van der Waals surface area (Å²) in [7, 11) is 0. The highest BCUT2D eigenvalue weighted by atomic mass is 16.6. The van der Waals surface area contributed by atoms with Gasteiger partial charge in [-0.05, 0) is 12.5 Å². The fourth-order valence-electron chi connectivity index (χ4n) is 1.07. The first-order valence-corrected chi connectivity index (χ1v) is 5.11. The van der Waals surface area contributed by atoms with Crippen molar-refractivity contribution in [3.63, 3.8) is 0 Å². The number of carbonyl (C=O) groups is 1. The van der Waals surface area contributed by atoms with Crippen LogP contribution < -0.4 is 0 Å². The van der Waals surface area contributed by atoms with E-state index < -0.39 is 16.8 Å². The minimum atomic E-state index is -0.779. The summed E-state index contributed by atoms with van der Waals surface area (Å²) >= 11 is 0. The molecule has 18 heavy (non-hydrogen) atoms. The Hall–Kier alpha value is -2.62. The number of carbonyl (C=O) groups excluding carboxylic acids is 1. The number of hydrogen-bond acceptors (Lipinski definition) is 6. The van der Waals surface area contributed by atoms with Crippen molar-refractivity contribution in [3.8, 4) is 6.07 Å². The highest BCUT2D eigenvalue weighted by Crippen LogP contribution is 2.18. The first-order valence-electron chi connectivity index (χ1n) is 5.11. The Morgan fingerprint density at radius 3 is 2.89 bits per heavy atom. The molecular formula is C11H10N2O5. The molecule has 7 nitrogen and oxygen atoms in total. The topological polar surface area (TPSA) is 106 Å². The zero-order valence-electron chi connectivity index (χ0n) is 9.58. The number of esters is 1. The molecule has 0 N–H and O–H groups in total. The van der Waals surface area contributed by atoms with Gasteiger partial charge in [-0.25, -0.2) is 4.79 Å². The lowest BCUT2D eigenvalue weighted by Gasteiger charge is -1.99. The second kappa shape index (κ2) is 6.20. The summed E-state index contributed by atoms with van der Waals surface area (Å²) in [5.41, 5.74) is -0.271. The first kappa shape index (κ1) is 13.4. The van der Waals surface area contributed by atoms with Crippen molar-refractivity contribution in [2.75, 3.05) is 6.61 Å². The standard InChI is InChI=1S/C11H10N2O5/c1-2-5-17-11(14)8(7-12)6-9-3-4-10(18-9)13(15)16/h3-4,6H,2,5H2,1H3/b8-6-. The van der Waals surface area contributed by atoms with Gasteiger partial charge in [0.2, 0.25) is 0 Å². The van der Waals surface area contributed by atoms with Gasteiger partial charge in [0.05, 0.1) is 12.7 Å². The zero-order chi connectivity index (χ0) is 13.5.